The standard InChI is InChI=1S/C11H14ClN3O3/c1-7(2)14-11(16)6-13-10-4-3-8(15(17)18)5-9(10)12/h3-5,7,13H,6H2,1-2H3,(H,14,16). The fraction of sp³-hybridized carbons (Fsp3) is 0.364. The van der Waals surface area contributed by atoms with Crippen LogP contribution in [0.15, 0.2) is 18.2 Å². The van der Waals surface area contributed by atoms with E-state index in [9.17, 15) is 14.9 Å². The van der Waals surface area contributed by atoms with Crippen LogP contribution in [0.3, 0.4) is 0 Å². The number of anilines is 1. The summed E-state index contributed by atoms with van der Waals surface area (Å²) in [5, 5.41) is 16.3. The summed E-state index contributed by atoms with van der Waals surface area (Å²) >= 11 is 5.86. The van der Waals surface area contributed by atoms with Crippen molar-refractivity contribution >= 4 is 28.9 Å². The van der Waals surface area contributed by atoms with Gasteiger partial charge in [-0.15, -0.1) is 0 Å². The molecule has 1 aromatic rings. The van der Waals surface area contributed by atoms with E-state index >= 15 is 0 Å². The van der Waals surface area contributed by atoms with E-state index in [0.717, 1.165) is 0 Å². The molecule has 0 saturated carbocycles. The minimum Gasteiger partial charge on any atom is -0.375 e. The van der Waals surface area contributed by atoms with Gasteiger partial charge in [-0.25, -0.2) is 0 Å². The van der Waals surface area contributed by atoms with E-state index < -0.39 is 4.92 Å². The van der Waals surface area contributed by atoms with E-state index in [4.69, 9.17) is 11.6 Å². The molecule has 2 N–H and O–H groups in total. The van der Waals surface area contributed by atoms with Gasteiger partial charge in [0.05, 0.1) is 22.2 Å². The van der Waals surface area contributed by atoms with Gasteiger partial charge in [-0.3, -0.25) is 14.9 Å². The first-order valence-corrected chi connectivity index (χ1v) is 5.75. The zero-order valence-electron chi connectivity index (χ0n) is 10.1. The topological polar surface area (TPSA) is 84.3 Å². The number of non-ortho nitro benzene ring substituents is 1. The maximum atomic E-state index is 11.4. The second-order valence-electron chi connectivity index (χ2n) is 4.00. The molecule has 0 radical (unpaired) electrons. The average Bonchev–Trinajstić information content (AvgIpc) is 2.26. The lowest BCUT2D eigenvalue weighted by atomic mass is 10.3. The van der Waals surface area contributed by atoms with E-state index in [-0.39, 0.29) is 29.2 Å². The molecule has 7 heteroatoms. The number of nitrogens with zero attached hydrogens (tertiary/aromatic N) is 1. The molecular weight excluding hydrogens is 258 g/mol. The van der Waals surface area contributed by atoms with Crippen LogP contribution in [0.5, 0.6) is 0 Å². The molecule has 0 bridgehead atoms. The lowest BCUT2D eigenvalue weighted by Gasteiger charge is -2.10. The van der Waals surface area contributed by atoms with Crippen molar-refractivity contribution in [2.24, 2.45) is 0 Å². The van der Waals surface area contributed by atoms with Gasteiger partial charge < -0.3 is 10.6 Å². The van der Waals surface area contributed by atoms with Crippen molar-refractivity contribution in [3.8, 4) is 0 Å². The molecule has 0 aliphatic heterocycles. The van der Waals surface area contributed by atoms with Crippen LogP contribution in [0.1, 0.15) is 13.8 Å². The molecule has 1 amide bonds. The van der Waals surface area contributed by atoms with E-state index in [1.807, 2.05) is 13.8 Å². The van der Waals surface area contributed by atoms with Crippen LogP contribution in [0, 0.1) is 10.1 Å². The fourth-order valence-electron chi connectivity index (χ4n) is 1.31. The number of nitro benzene ring substituents is 1. The predicted octanol–water partition coefficient (Wildman–Crippen LogP) is 2.18. The van der Waals surface area contributed by atoms with Gasteiger partial charge in [0.2, 0.25) is 5.91 Å². The Morgan fingerprint density at radius 3 is 2.67 bits per heavy atom. The van der Waals surface area contributed by atoms with Gasteiger partial charge in [0.15, 0.2) is 0 Å². The number of nitrogens with one attached hydrogen (secondary N) is 2. The van der Waals surface area contributed by atoms with Gasteiger partial charge in [-0.2, -0.15) is 0 Å². The van der Waals surface area contributed by atoms with Crippen molar-refractivity contribution in [1.29, 1.82) is 0 Å². The highest BCUT2D eigenvalue weighted by atomic mass is 35.5. The Kier molecular flexibility index (Phi) is 4.91. The van der Waals surface area contributed by atoms with Crippen molar-refractivity contribution in [3.63, 3.8) is 0 Å². The number of hydrogen-bond donors (Lipinski definition) is 2. The Morgan fingerprint density at radius 1 is 1.50 bits per heavy atom. The lowest BCUT2D eigenvalue weighted by Crippen LogP contribution is -2.34. The van der Waals surface area contributed by atoms with Crippen molar-refractivity contribution in [3.05, 3.63) is 33.3 Å². The first kappa shape index (κ1) is 14.2. The first-order chi connectivity index (χ1) is 8.40. The van der Waals surface area contributed by atoms with Crippen molar-refractivity contribution in [2.45, 2.75) is 19.9 Å². The molecule has 0 spiro atoms. The van der Waals surface area contributed by atoms with Crippen molar-refractivity contribution in [1.82, 2.24) is 5.32 Å². The number of amides is 1. The smallest absolute Gasteiger partial charge is 0.271 e. The molecule has 98 valence electrons. The molecular formula is C11H14ClN3O3. The Hall–Kier alpha value is -1.82. The fourth-order valence-corrected chi connectivity index (χ4v) is 1.55. The van der Waals surface area contributed by atoms with Crippen molar-refractivity contribution < 1.29 is 9.72 Å². The van der Waals surface area contributed by atoms with Crippen LogP contribution in [-0.2, 0) is 4.79 Å². The molecule has 0 fully saturated rings. The van der Waals surface area contributed by atoms with E-state index in [2.05, 4.69) is 10.6 Å². The van der Waals surface area contributed by atoms with Gasteiger partial charge in [0, 0.05) is 18.2 Å². The highest BCUT2D eigenvalue weighted by molar-refractivity contribution is 6.33. The third-order valence-corrected chi connectivity index (χ3v) is 2.37. The van der Waals surface area contributed by atoms with Crippen LogP contribution in [0.25, 0.3) is 0 Å². The van der Waals surface area contributed by atoms with Gasteiger partial charge >= 0.3 is 0 Å². The summed E-state index contributed by atoms with van der Waals surface area (Å²) in [5.74, 6) is -0.167. The minimum absolute atomic E-state index is 0.0617. The van der Waals surface area contributed by atoms with Gasteiger partial charge in [-0.05, 0) is 19.9 Å². The van der Waals surface area contributed by atoms with Gasteiger partial charge in [0.1, 0.15) is 0 Å². The summed E-state index contributed by atoms with van der Waals surface area (Å²) in [5.41, 5.74) is 0.401. The average molecular weight is 272 g/mol. The number of carbonyl (C=O) groups is 1. The third kappa shape index (κ3) is 4.21. The first-order valence-electron chi connectivity index (χ1n) is 5.37. The second-order valence-corrected chi connectivity index (χ2v) is 4.40. The van der Waals surface area contributed by atoms with Crippen LogP contribution in [-0.4, -0.2) is 23.4 Å². The third-order valence-electron chi connectivity index (χ3n) is 2.05. The molecule has 0 heterocycles. The molecule has 0 aliphatic carbocycles. The van der Waals surface area contributed by atoms with E-state index in [1.54, 1.807) is 0 Å². The molecule has 1 aromatic carbocycles. The molecule has 6 nitrogen and oxygen atoms in total. The summed E-state index contributed by atoms with van der Waals surface area (Å²) in [7, 11) is 0. The Balaban J connectivity index is 2.63. The quantitative estimate of drug-likeness (QED) is 0.635. The van der Waals surface area contributed by atoms with E-state index in [1.165, 1.54) is 18.2 Å². The molecule has 0 atom stereocenters. The van der Waals surface area contributed by atoms with Crippen LogP contribution < -0.4 is 10.6 Å². The van der Waals surface area contributed by atoms with Crippen LogP contribution >= 0.6 is 11.6 Å². The normalized spacial score (nSPS) is 10.2. The zero-order valence-corrected chi connectivity index (χ0v) is 10.8. The predicted molar refractivity (Wildman–Crippen MR) is 69.9 cm³/mol. The maximum Gasteiger partial charge on any atom is 0.271 e. The number of halogens is 1. The largest absolute Gasteiger partial charge is 0.375 e. The summed E-state index contributed by atoms with van der Waals surface area (Å²) in [4.78, 5) is 21.4. The van der Waals surface area contributed by atoms with Crippen LogP contribution in [0.4, 0.5) is 11.4 Å². The molecule has 0 aliphatic rings. The van der Waals surface area contributed by atoms with E-state index in [0.29, 0.717) is 5.69 Å². The Bertz CT molecular complexity index is 463. The lowest BCUT2D eigenvalue weighted by molar-refractivity contribution is -0.384. The number of rotatable bonds is 5. The number of nitro groups is 1. The summed E-state index contributed by atoms with van der Waals surface area (Å²) < 4.78 is 0. The maximum absolute atomic E-state index is 11.4. The highest BCUT2D eigenvalue weighted by Gasteiger charge is 2.10. The number of benzene rings is 1. The monoisotopic (exact) mass is 271 g/mol. The summed E-state index contributed by atoms with van der Waals surface area (Å²) in [6, 6.07) is 4.11. The second kappa shape index (κ2) is 6.20. The molecule has 18 heavy (non-hydrogen) atoms. The van der Waals surface area contributed by atoms with Crippen LogP contribution in [0.2, 0.25) is 5.02 Å². The van der Waals surface area contributed by atoms with Gasteiger partial charge in [0.25, 0.3) is 5.69 Å². The molecule has 1 rings (SSSR count). The Morgan fingerprint density at radius 2 is 2.17 bits per heavy atom. The molecule has 0 aromatic heterocycles. The van der Waals surface area contributed by atoms with Gasteiger partial charge in [-0.1, -0.05) is 11.6 Å². The number of carbonyl (C=O) groups excluding carboxylic acids is 1. The highest BCUT2D eigenvalue weighted by Crippen LogP contribution is 2.26. The number of hydrogen-bond acceptors (Lipinski definition) is 4. The molecule has 0 saturated heterocycles. The Labute approximate surface area is 109 Å². The minimum atomic E-state index is -0.527. The molecule has 0 unspecified atom stereocenters. The summed E-state index contributed by atoms with van der Waals surface area (Å²) in [6.45, 7) is 3.78. The zero-order chi connectivity index (χ0) is 13.7. The van der Waals surface area contributed by atoms with Crippen molar-refractivity contribution in [2.75, 3.05) is 11.9 Å². The summed E-state index contributed by atoms with van der Waals surface area (Å²) in [6.07, 6.45) is 0. The SMILES string of the molecule is CC(C)NC(=O)CNc1ccc([N+](=O)[O-])cc1Cl.